The monoisotopic (exact) mass is 567 g/mol. The maximum atomic E-state index is 13.0. The zero-order chi connectivity index (χ0) is 26.2. The molecule has 3 N–H and O–H groups in total. The summed E-state index contributed by atoms with van der Waals surface area (Å²) in [4.78, 5) is 26.0. The average Bonchev–Trinajstić information content (AvgIpc) is 2.82. The zero-order valence-corrected chi connectivity index (χ0v) is 23.2. The lowest BCUT2D eigenvalue weighted by Gasteiger charge is -2.16. The van der Waals surface area contributed by atoms with Crippen molar-refractivity contribution < 1.29 is 14.3 Å². The third-order valence-electron chi connectivity index (χ3n) is 5.55. The number of hydrogen-bond acceptors (Lipinski definition) is 4. The predicted molar refractivity (Wildman–Crippen MR) is 153 cm³/mol. The van der Waals surface area contributed by atoms with Crippen LogP contribution in [-0.4, -0.2) is 23.5 Å². The van der Waals surface area contributed by atoms with E-state index in [0.717, 1.165) is 22.0 Å². The van der Waals surface area contributed by atoms with Crippen LogP contribution in [0.2, 0.25) is 0 Å². The number of hydrogen-bond donors (Lipinski definition) is 3. The molecule has 0 atom stereocenters. The second-order valence-corrected chi connectivity index (χ2v) is 10.2. The van der Waals surface area contributed by atoms with Crippen LogP contribution in [0.1, 0.15) is 52.1 Å². The van der Waals surface area contributed by atoms with E-state index in [1.807, 2.05) is 38.1 Å². The molecule has 6 nitrogen and oxygen atoms in total. The van der Waals surface area contributed by atoms with Crippen molar-refractivity contribution in [1.82, 2.24) is 5.32 Å². The number of rotatable bonds is 8. The maximum Gasteiger partial charge on any atom is 0.261 e. The normalized spacial score (nSPS) is 10.6. The van der Waals surface area contributed by atoms with Crippen molar-refractivity contribution in [3.8, 4) is 5.75 Å². The van der Waals surface area contributed by atoms with Crippen LogP contribution in [0.3, 0.4) is 0 Å². The number of aryl methyl sites for hydroxylation is 2. The van der Waals surface area contributed by atoms with Crippen molar-refractivity contribution >= 4 is 56.4 Å². The van der Waals surface area contributed by atoms with Crippen LogP contribution < -0.4 is 20.7 Å². The summed E-state index contributed by atoms with van der Waals surface area (Å²) in [7, 11) is 0. The van der Waals surface area contributed by atoms with Crippen molar-refractivity contribution in [1.29, 1.82) is 0 Å². The molecule has 0 heterocycles. The number of carbonyl (C=O) groups is 2. The molecule has 3 aromatic rings. The number of carbonyl (C=O) groups excluding carboxylic acids is 2. The van der Waals surface area contributed by atoms with E-state index in [9.17, 15) is 9.59 Å². The minimum Gasteiger partial charge on any atom is -0.493 e. The molecule has 8 heteroatoms. The van der Waals surface area contributed by atoms with Gasteiger partial charge in [0.25, 0.3) is 11.8 Å². The van der Waals surface area contributed by atoms with Crippen molar-refractivity contribution in [2.45, 2.75) is 34.1 Å². The molecule has 0 unspecified atom stereocenters. The lowest BCUT2D eigenvalue weighted by molar-refractivity contribution is 0.0972. The number of anilines is 2. The van der Waals surface area contributed by atoms with E-state index in [1.54, 1.807) is 36.4 Å². The Bertz CT molecular complexity index is 1280. The number of ether oxygens (including phenoxy) is 1. The molecule has 0 radical (unpaired) electrons. The summed E-state index contributed by atoms with van der Waals surface area (Å²) < 4.78 is 6.59. The van der Waals surface area contributed by atoms with E-state index in [-0.39, 0.29) is 11.0 Å². The number of amides is 2. The minimum atomic E-state index is -0.412. The van der Waals surface area contributed by atoms with Crippen LogP contribution in [0.15, 0.2) is 65.1 Å². The predicted octanol–water partition coefficient (Wildman–Crippen LogP) is 6.87. The molecular formula is C28H30BrN3O3S. The van der Waals surface area contributed by atoms with Gasteiger partial charge >= 0.3 is 0 Å². The third-order valence-corrected chi connectivity index (χ3v) is 6.25. The van der Waals surface area contributed by atoms with Gasteiger partial charge in [0.15, 0.2) is 5.11 Å². The first-order valence-electron chi connectivity index (χ1n) is 11.7. The Labute approximate surface area is 226 Å². The van der Waals surface area contributed by atoms with Crippen LogP contribution in [0, 0.1) is 19.8 Å². The molecule has 0 spiro atoms. The lowest BCUT2D eigenvalue weighted by Crippen LogP contribution is -2.35. The molecule has 2 amide bonds. The molecule has 36 heavy (non-hydrogen) atoms. The van der Waals surface area contributed by atoms with Crippen LogP contribution >= 0.6 is 28.1 Å². The highest BCUT2D eigenvalue weighted by molar-refractivity contribution is 9.10. The summed E-state index contributed by atoms with van der Waals surface area (Å²) in [5.41, 5.74) is 4.17. The number of nitrogens with one attached hydrogen (secondary N) is 3. The first-order chi connectivity index (χ1) is 17.1. The zero-order valence-electron chi connectivity index (χ0n) is 20.8. The van der Waals surface area contributed by atoms with Gasteiger partial charge in [-0.3, -0.25) is 14.9 Å². The van der Waals surface area contributed by atoms with Crippen molar-refractivity contribution in [2.24, 2.45) is 5.92 Å². The van der Waals surface area contributed by atoms with Gasteiger partial charge in [0, 0.05) is 10.2 Å². The van der Waals surface area contributed by atoms with Crippen molar-refractivity contribution in [3.05, 3.63) is 87.4 Å². The first kappa shape index (κ1) is 27.4. The van der Waals surface area contributed by atoms with E-state index in [1.165, 1.54) is 0 Å². The van der Waals surface area contributed by atoms with Crippen LogP contribution in [0.25, 0.3) is 0 Å². The van der Waals surface area contributed by atoms with E-state index < -0.39 is 5.91 Å². The molecule has 0 aliphatic carbocycles. The van der Waals surface area contributed by atoms with Crippen LogP contribution in [-0.2, 0) is 0 Å². The van der Waals surface area contributed by atoms with Gasteiger partial charge in [0.05, 0.1) is 23.4 Å². The average molecular weight is 569 g/mol. The number of thiocarbonyl (C=S) groups is 1. The molecular weight excluding hydrogens is 538 g/mol. The molecule has 0 aliphatic heterocycles. The Hall–Kier alpha value is -3.23. The summed E-state index contributed by atoms with van der Waals surface area (Å²) in [6.45, 7) is 8.74. The Morgan fingerprint density at radius 2 is 1.67 bits per heavy atom. The summed E-state index contributed by atoms with van der Waals surface area (Å²) in [6, 6.07) is 18.0. The molecule has 0 aliphatic rings. The Kier molecular flexibility index (Phi) is 9.61. The second kappa shape index (κ2) is 12.6. The smallest absolute Gasteiger partial charge is 0.261 e. The van der Waals surface area contributed by atoms with Gasteiger partial charge in [-0.2, -0.15) is 0 Å². The molecule has 0 aromatic heterocycles. The minimum absolute atomic E-state index is 0.0690. The quantitative estimate of drug-likeness (QED) is 0.259. The van der Waals surface area contributed by atoms with E-state index in [4.69, 9.17) is 17.0 Å². The van der Waals surface area contributed by atoms with Gasteiger partial charge in [-0.05, 0) is 92.0 Å². The third kappa shape index (κ3) is 7.63. The fourth-order valence-corrected chi connectivity index (χ4v) is 3.91. The van der Waals surface area contributed by atoms with Gasteiger partial charge in [0.1, 0.15) is 5.75 Å². The standard InChI is InChI=1S/C28H30BrN3O3S/c1-17(2)13-14-35-25-12-10-20(29)16-23(25)27(34)32-28(36)31-24-8-6-5-7-22(24)26(33)30-21-11-9-18(3)19(4)15-21/h5-12,15-17H,13-14H2,1-4H3,(H,30,33)(H2,31,32,34,36). The number of para-hydroxylation sites is 1. The molecule has 3 rings (SSSR count). The summed E-state index contributed by atoms with van der Waals surface area (Å²) in [6.07, 6.45) is 0.873. The number of benzene rings is 3. The fourth-order valence-electron chi connectivity index (χ4n) is 3.34. The molecule has 0 bridgehead atoms. The van der Waals surface area contributed by atoms with Crippen molar-refractivity contribution in [3.63, 3.8) is 0 Å². The second-order valence-electron chi connectivity index (χ2n) is 8.88. The van der Waals surface area contributed by atoms with Gasteiger partial charge in [-0.1, -0.05) is 48.0 Å². The SMILES string of the molecule is Cc1ccc(NC(=O)c2ccccc2NC(=S)NC(=O)c2cc(Br)ccc2OCCC(C)C)cc1C. The number of halogens is 1. The van der Waals surface area contributed by atoms with Crippen molar-refractivity contribution in [2.75, 3.05) is 17.2 Å². The summed E-state index contributed by atoms with van der Waals surface area (Å²) >= 11 is 8.80. The first-order valence-corrected chi connectivity index (χ1v) is 12.9. The van der Waals surface area contributed by atoms with Gasteiger partial charge < -0.3 is 15.4 Å². The van der Waals surface area contributed by atoms with Crippen LogP contribution in [0.5, 0.6) is 5.75 Å². The summed E-state index contributed by atoms with van der Waals surface area (Å²) in [5.74, 6) is 0.267. The highest BCUT2D eigenvalue weighted by atomic mass is 79.9. The molecule has 188 valence electrons. The highest BCUT2D eigenvalue weighted by Crippen LogP contribution is 2.24. The molecule has 0 saturated heterocycles. The molecule has 3 aromatic carbocycles. The largest absolute Gasteiger partial charge is 0.493 e. The highest BCUT2D eigenvalue weighted by Gasteiger charge is 2.17. The Morgan fingerprint density at radius 1 is 0.917 bits per heavy atom. The maximum absolute atomic E-state index is 13.0. The van der Waals surface area contributed by atoms with E-state index in [2.05, 4.69) is 45.7 Å². The molecule has 0 fully saturated rings. The van der Waals surface area contributed by atoms with Gasteiger partial charge in [-0.15, -0.1) is 0 Å². The summed E-state index contributed by atoms with van der Waals surface area (Å²) in [5, 5.41) is 8.65. The Morgan fingerprint density at radius 3 is 2.39 bits per heavy atom. The van der Waals surface area contributed by atoms with Gasteiger partial charge in [0.2, 0.25) is 0 Å². The topological polar surface area (TPSA) is 79.5 Å². The van der Waals surface area contributed by atoms with E-state index >= 15 is 0 Å². The fraction of sp³-hybridized carbons (Fsp3) is 0.250. The van der Waals surface area contributed by atoms with Gasteiger partial charge in [-0.25, -0.2) is 0 Å². The molecule has 0 saturated carbocycles. The van der Waals surface area contributed by atoms with Crippen LogP contribution in [0.4, 0.5) is 11.4 Å². The Balaban J connectivity index is 1.70. The van der Waals surface area contributed by atoms with E-state index in [0.29, 0.717) is 40.8 Å². The lowest BCUT2D eigenvalue weighted by atomic mass is 10.1.